The highest BCUT2D eigenvalue weighted by Crippen LogP contribution is 2.27. The average Bonchev–Trinajstić information content (AvgIpc) is 2.43. The van der Waals surface area contributed by atoms with Gasteiger partial charge in [-0.25, -0.2) is 0 Å². The maximum Gasteiger partial charge on any atom is 0.253 e. The van der Waals surface area contributed by atoms with Crippen LogP contribution in [0.15, 0.2) is 18.2 Å². The molecule has 1 saturated carbocycles. The molecule has 0 saturated heterocycles. The van der Waals surface area contributed by atoms with Gasteiger partial charge in [0.25, 0.3) is 5.91 Å². The molecule has 1 aliphatic rings. The van der Waals surface area contributed by atoms with Crippen molar-refractivity contribution in [1.82, 2.24) is 4.90 Å². The Bertz CT molecular complexity index is 570. The van der Waals surface area contributed by atoms with Gasteiger partial charge in [0, 0.05) is 31.1 Å². The number of benzene rings is 1. The van der Waals surface area contributed by atoms with Crippen molar-refractivity contribution in [3.63, 3.8) is 0 Å². The van der Waals surface area contributed by atoms with Crippen molar-refractivity contribution in [2.24, 2.45) is 5.92 Å². The lowest BCUT2D eigenvalue weighted by Gasteiger charge is -2.30. The molecule has 1 aromatic carbocycles. The second-order valence-corrected chi connectivity index (χ2v) is 5.86. The predicted molar refractivity (Wildman–Crippen MR) is 84.3 cm³/mol. The highest BCUT2D eigenvalue weighted by Gasteiger charge is 2.22. The zero-order valence-corrected chi connectivity index (χ0v) is 13.0. The predicted octanol–water partition coefficient (Wildman–Crippen LogP) is 2.95. The van der Waals surface area contributed by atoms with Crippen molar-refractivity contribution >= 4 is 17.5 Å². The van der Waals surface area contributed by atoms with Gasteiger partial charge in [-0.15, -0.1) is 0 Å². The fourth-order valence-electron chi connectivity index (χ4n) is 2.33. The molecule has 1 aliphatic carbocycles. The molecule has 0 radical (unpaired) electrons. The number of carbonyl (C=O) groups excluding carboxylic acids is 1. The number of carbonyl (C=O) groups is 1. The molecule has 1 amide bonds. The Kier molecular flexibility index (Phi) is 5.67. The third-order valence-electron chi connectivity index (χ3n) is 3.78. The van der Waals surface area contributed by atoms with Gasteiger partial charge in [0.15, 0.2) is 0 Å². The van der Waals surface area contributed by atoms with E-state index in [1.54, 1.807) is 23.1 Å². The number of nitrogens with zero attached hydrogens (tertiary/aromatic N) is 1. The van der Waals surface area contributed by atoms with Crippen molar-refractivity contribution in [1.29, 1.82) is 0 Å². The van der Waals surface area contributed by atoms with Gasteiger partial charge in [-0.3, -0.25) is 4.79 Å². The SMILES string of the molecule is CN(CC1CCC1)C(=O)c1ccc(C#CCCO)c(Cl)c1. The van der Waals surface area contributed by atoms with Gasteiger partial charge in [-0.1, -0.05) is 29.9 Å². The molecule has 0 aliphatic heterocycles. The molecule has 2 rings (SSSR count). The number of aliphatic hydroxyl groups excluding tert-OH is 1. The van der Waals surface area contributed by atoms with Crippen LogP contribution in [0, 0.1) is 17.8 Å². The Morgan fingerprint density at radius 2 is 2.24 bits per heavy atom. The van der Waals surface area contributed by atoms with E-state index in [0.29, 0.717) is 28.5 Å². The van der Waals surface area contributed by atoms with E-state index in [1.165, 1.54) is 19.3 Å². The summed E-state index contributed by atoms with van der Waals surface area (Å²) in [6, 6.07) is 5.19. The third-order valence-corrected chi connectivity index (χ3v) is 4.09. The summed E-state index contributed by atoms with van der Waals surface area (Å²) in [6.07, 6.45) is 4.14. The second kappa shape index (κ2) is 7.49. The van der Waals surface area contributed by atoms with Gasteiger partial charge < -0.3 is 10.0 Å². The number of aliphatic hydroxyl groups is 1. The standard InChI is InChI=1S/C17H20ClNO2/c1-19(12-13-5-4-6-13)17(21)15-9-8-14(16(18)11-15)7-2-3-10-20/h8-9,11,13,20H,3-6,10,12H2,1H3. The van der Waals surface area contributed by atoms with Crippen LogP contribution in [0.3, 0.4) is 0 Å². The van der Waals surface area contributed by atoms with Crippen molar-refractivity contribution in [3.05, 3.63) is 34.3 Å². The maximum absolute atomic E-state index is 12.3. The van der Waals surface area contributed by atoms with Gasteiger partial charge in [-0.05, 0) is 37.0 Å². The van der Waals surface area contributed by atoms with Crippen molar-refractivity contribution in [2.45, 2.75) is 25.7 Å². The van der Waals surface area contributed by atoms with Gasteiger partial charge in [0.2, 0.25) is 0 Å². The van der Waals surface area contributed by atoms with Gasteiger partial charge in [0.05, 0.1) is 11.6 Å². The third kappa shape index (κ3) is 4.23. The molecule has 0 heterocycles. The molecule has 4 heteroatoms. The topological polar surface area (TPSA) is 40.5 Å². The van der Waals surface area contributed by atoms with Crippen LogP contribution in [0.1, 0.15) is 41.6 Å². The first-order valence-corrected chi connectivity index (χ1v) is 7.64. The maximum atomic E-state index is 12.3. The monoisotopic (exact) mass is 305 g/mol. The molecule has 1 N–H and O–H groups in total. The van der Waals surface area contributed by atoms with Crippen LogP contribution in [0.25, 0.3) is 0 Å². The molecule has 0 unspecified atom stereocenters. The van der Waals surface area contributed by atoms with Crippen LogP contribution < -0.4 is 0 Å². The summed E-state index contributed by atoms with van der Waals surface area (Å²) in [5.74, 6) is 6.37. The lowest BCUT2D eigenvalue weighted by molar-refractivity contribution is 0.0745. The first kappa shape index (κ1) is 15.9. The molecule has 1 aromatic rings. The molecular formula is C17H20ClNO2. The van der Waals surface area contributed by atoms with Gasteiger partial charge >= 0.3 is 0 Å². The number of amides is 1. The molecular weight excluding hydrogens is 286 g/mol. The second-order valence-electron chi connectivity index (χ2n) is 5.45. The van der Waals surface area contributed by atoms with E-state index in [4.69, 9.17) is 16.7 Å². The molecule has 0 aromatic heterocycles. The zero-order chi connectivity index (χ0) is 15.2. The lowest BCUT2D eigenvalue weighted by atomic mass is 9.85. The van der Waals surface area contributed by atoms with Crippen LogP contribution in [-0.2, 0) is 0 Å². The van der Waals surface area contributed by atoms with Crippen molar-refractivity contribution in [2.75, 3.05) is 20.2 Å². The smallest absolute Gasteiger partial charge is 0.253 e. The number of rotatable bonds is 4. The Balaban J connectivity index is 2.04. The fourth-order valence-corrected chi connectivity index (χ4v) is 2.56. The number of hydrogen-bond donors (Lipinski definition) is 1. The Morgan fingerprint density at radius 3 is 2.81 bits per heavy atom. The summed E-state index contributed by atoms with van der Waals surface area (Å²) < 4.78 is 0. The summed E-state index contributed by atoms with van der Waals surface area (Å²) >= 11 is 6.17. The molecule has 0 bridgehead atoms. The summed E-state index contributed by atoms with van der Waals surface area (Å²) in [5, 5.41) is 9.18. The van der Waals surface area contributed by atoms with E-state index in [-0.39, 0.29) is 12.5 Å². The van der Waals surface area contributed by atoms with E-state index in [9.17, 15) is 4.79 Å². The highest BCUT2D eigenvalue weighted by molar-refractivity contribution is 6.32. The van der Waals surface area contributed by atoms with E-state index < -0.39 is 0 Å². The van der Waals surface area contributed by atoms with E-state index in [1.807, 2.05) is 7.05 Å². The van der Waals surface area contributed by atoms with Gasteiger partial charge in [0.1, 0.15) is 0 Å². The largest absolute Gasteiger partial charge is 0.395 e. The van der Waals surface area contributed by atoms with E-state index in [0.717, 1.165) is 6.54 Å². The Labute approximate surface area is 130 Å². The first-order valence-electron chi connectivity index (χ1n) is 7.26. The molecule has 21 heavy (non-hydrogen) atoms. The fraction of sp³-hybridized carbons (Fsp3) is 0.471. The summed E-state index contributed by atoms with van der Waals surface area (Å²) in [7, 11) is 1.84. The Morgan fingerprint density at radius 1 is 1.48 bits per heavy atom. The minimum Gasteiger partial charge on any atom is -0.395 e. The minimum atomic E-state index is -0.00123. The quantitative estimate of drug-likeness (QED) is 0.869. The summed E-state index contributed by atoms with van der Waals surface area (Å²) in [4.78, 5) is 14.1. The normalized spacial score (nSPS) is 14.0. The van der Waals surface area contributed by atoms with Crippen molar-refractivity contribution < 1.29 is 9.90 Å². The van der Waals surface area contributed by atoms with Crippen molar-refractivity contribution in [3.8, 4) is 11.8 Å². The lowest BCUT2D eigenvalue weighted by Crippen LogP contribution is -2.34. The van der Waals surface area contributed by atoms with Crippen LogP contribution in [0.4, 0.5) is 0 Å². The van der Waals surface area contributed by atoms with Crippen LogP contribution >= 0.6 is 11.6 Å². The highest BCUT2D eigenvalue weighted by atomic mass is 35.5. The van der Waals surface area contributed by atoms with E-state index >= 15 is 0 Å². The number of hydrogen-bond acceptors (Lipinski definition) is 2. The van der Waals surface area contributed by atoms with Crippen LogP contribution in [0.5, 0.6) is 0 Å². The molecule has 0 atom stereocenters. The minimum absolute atomic E-state index is 0.00123. The molecule has 0 spiro atoms. The van der Waals surface area contributed by atoms with Crippen LogP contribution in [0.2, 0.25) is 5.02 Å². The molecule has 112 valence electrons. The number of halogens is 1. The summed E-state index contributed by atoms with van der Waals surface area (Å²) in [5.41, 5.74) is 1.28. The van der Waals surface area contributed by atoms with E-state index in [2.05, 4.69) is 11.8 Å². The molecule has 3 nitrogen and oxygen atoms in total. The Hall–Kier alpha value is -1.50. The zero-order valence-electron chi connectivity index (χ0n) is 12.2. The summed E-state index contributed by atoms with van der Waals surface area (Å²) in [6.45, 7) is 0.849. The first-order chi connectivity index (χ1) is 10.1. The average molecular weight is 306 g/mol. The van der Waals surface area contributed by atoms with Crippen LogP contribution in [-0.4, -0.2) is 36.1 Å². The molecule has 1 fully saturated rings. The van der Waals surface area contributed by atoms with Gasteiger partial charge in [-0.2, -0.15) is 0 Å².